The summed E-state index contributed by atoms with van der Waals surface area (Å²) in [5, 5.41) is 4.47. The molecule has 2 aromatic rings. The van der Waals surface area contributed by atoms with E-state index in [1.165, 1.54) is 11.8 Å². The Morgan fingerprint density at radius 2 is 2.00 bits per heavy atom. The van der Waals surface area contributed by atoms with E-state index in [-0.39, 0.29) is 18.4 Å². The molecule has 2 aromatic carbocycles. The number of carbonyl (C=O) groups is 1. The third-order valence-corrected chi connectivity index (χ3v) is 4.22. The zero-order valence-corrected chi connectivity index (χ0v) is 17.8. The van der Waals surface area contributed by atoms with Gasteiger partial charge in [-0.3, -0.25) is 4.79 Å². The zero-order chi connectivity index (χ0) is 20.7. The molecule has 0 unspecified atom stereocenters. The molecule has 6 heteroatoms. The van der Waals surface area contributed by atoms with Crippen molar-refractivity contribution in [2.45, 2.75) is 47.1 Å². The molecular formula is C22H27ClN2O3. The maximum Gasteiger partial charge on any atom is 0.244 e. The highest BCUT2D eigenvalue weighted by Crippen LogP contribution is 2.37. The van der Waals surface area contributed by atoms with Crippen LogP contribution in [0.1, 0.15) is 43.0 Å². The molecule has 1 amide bonds. The van der Waals surface area contributed by atoms with Gasteiger partial charge in [0, 0.05) is 0 Å². The summed E-state index contributed by atoms with van der Waals surface area (Å²) in [7, 11) is 0. The molecule has 0 spiro atoms. The number of hydrogen-bond acceptors (Lipinski definition) is 4. The van der Waals surface area contributed by atoms with E-state index in [0.717, 1.165) is 11.1 Å². The summed E-state index contributed by atoms with van der Waals surface area (Å²) in [4.78, 5) is 12.2. The molecule has 0 bridgehead atoms. The Balaban J connectivity index is 2.07. The first-order valence-electron chi connectivity index (χ1n) is 9.31. The number of nitrogens with one attached hydrogen (secondary N) is 1. The Kier molecular flexibility index (Phi) is 7.88. The van der Waals surface area contributed by atoms with Gasteiger partial charge in [0.1, 0.15) is 0 Å². The summed E-state index contributed by atoms with van der Waals surface area (Å²) in [5.74, 6) is 0.875. The lowest BCUT2D eigenvalue weighted by Crippen LogP contribution is -2.20. The van der Waals surface area contributed by atoms with E-state index in [9.17, 15) is 4.79 Å². The first kappa shape index (κ1) is 21.8. The molecule has 0 heterocycles. The van der Waals surface area contributed by atoms with Gasteiger partial charge in [-0.15, -0.1) is 0 Å². The number of benzene rings is 2. The number of carbonyl (C=O) groups excluding carboxylic acids is 1. The lowest BCUT2D eigenvalue weighted by atomic mass is 10.0. The second-order valence-electron chi connectivity index (χ2n) is 6.83. The highest BCUT2D eigenvalue weighted by molar-refractivity contribution is 6.32. The molecule has 0 saturated heterocycles. The van der Waals surface area contributed by atoms with Crippen LogP contribution in [0.15, 0.2) is 35.4 Å². The first-order valence-corrected chi connectivity index (χ1v) is 9.69. The molecule has 0 aliphatic rings. The van der Waals surface area contributed by atoms with E-state index < -0.39 is 0 Å². The quantitative estimate of drug-likeness (QED) is 0.508. The van der Waals surface area contributed by atoms with Crippen molar-refractivity contribution >= 4 is 23.7 Å². The highest BCUT2D eigenvalue weighted by Gasteiger charge is 2.13. The standard InChI is InChI=1S/C22H27ClN2O3/c1-6-27-20-11-17(10-19(23)22(20)28-14(2)3)13-24-25-21(26)12-18-8-7-15(4)9-16(18)5/h7-11,13-14H,6,12H2,1-5H3,(H,25,26)/b24-13-. The molecule has 5 nitrogen and oxygen atoms in total. The van der Waals surface area contributed by atoms with Crippen molar-refractivity contribution in [3.8, 4) is 11.5 Å². The van der Waals surface area contributed by atoms with E-state index in [1.54, 1.807) is 12.1 Å². The molecule has 0 saturated carbocycles. The normalized spacial score (nSPS) is 11.1. The summed E-state index contributed by atoms with van der Waals surface area (Å²) in [6.07, 6.45) is 1.78. The molecule has 28 heavy (non-hydrogen) atoms. The van der Waals surface area contributed by atoms with Gasteiger partial charge in [-0.05, 0) is 63.4 Å². The maximum absolute atomic E-state index is 12.2. The Labute approximate surface area is 171 Å². The lowest BCUT2D eigenvalue weighted by molar-refractivity contribution is -0.120. The molecule has 0 atom stereocenters. The van der Waals surface area contributed by atoms with Crippen LogP contribution >= 0.6 is 11.6 Å². The number of nitrogens with zero attached hydrogens (tertiary/aromatic N) is 1. The SMILES string of the molecule is CCOc1cc(/C=N\NC(=O)Cc2ccc(C)cc2C)cc(Cl)c1OC(C)C. The van der Waals surface area contributed by atoms with Crippen LogP contribution in [0.25, 0.3) is 0 Å². The van der Waals surface area contributed by atoms with Crippen molar-refractivity contribution in [1.29, 1.82) is 0 Å². The van der Waals surface area contributed by atoms with Gasteiger partial charge in [-0.2, -0.15) is 5.10 Å². The molecule has 2 rings (SSSR count). The minimum Gasteiger partial charge on any atom is -0.490 e. The van der Waals surface area contributed by atoms with Crippen molar-refractivity contribution in [3.05, 3.63) is 57.6 Å². The largest absolute Gasteiger partial charge is 0.490 e. The fourth-order valence-electron chi connectivity index (χ4n) is 2.71. The molecule has 0 radical (unpaired) electrons. The smallest absolute Gasteiger partial charge is 0.244 e. The van der Waals surface area contributed by atoms with Crippen LogP contribution in [0.2, 0.25) is 5.02 Å². The third kappa shape index (κ3) is 6.27. The summed E-state index contributed by atoms with van der Waals surface area (Å²) in [5.41, 5.74) is 6.50. The Bertz CT molecular complexity index is 863. The molecule has 0 fully saturated rings. The van der Waals surface area contributed by atoms with Gasteiger partial charge < -0.3 is 9.47 Å². The number of hydrogen-bond donors (Lipinski definition) is 1. The highest BCUT2D eigenvalue weighted by atomic mass is 35.5. The molecule has 0 aromatic heterocycles. The fourth-order valence-corrected chi connectivity index (χ4v) is 2.97. The lowest BCUT2D eigenvalue weighted by Gasteiger charge is -2.16. The Hall–Kier alpha value is -2.53. The van der Waals surface area contributed by atoms with Gasteiger partial charge in [0.2, 0.25) is 5.91 Å². The number of ether oxygens (including phenoxy) is 2. The van der Waals surface area contributed by atoms with Crippen LogP contribution < -0.4 is 14.9 Å². The Morgan fingerprint density at radius 1 is 1.25 bits per heavy atom. The topological polar surface area (TPSA) is 59.9 Å². The third-order valence-electron chi connectivity index (χ3n) is 3.94. The van der Waals surface area contributed by atoms with Crippen molar-refractivity contribution in [2.75, 3.05) is 6.61 Å². The fraction of sp³-hybridized carbons (Fsp3) is 0.364. The number of halogens is 1. The monoisotopic (exact) mass is 402 g/mol. The van der Waals surface area contributed by atoms with Gasteiger partial charge >= 0.3 is 0 Å². The van der Waals surface area contributed by atoms with Crippen LogP contribution in [0.3, 0.4) is 0 Å². The molecule has 0 aliphatic heterocycles. The zero-order valence-electron chi connectivity index (χ0n) is 17.0. The summed E-state index contributed by atoms with van der Waals surface area (Å²) in [6.45, 7) is 10.2. The summed E-state index contributed by atoms with van der Waals surface area (Å²) < 4.78 is 11.4. The first-order chi connectivity index (χ1) is 13.3. The van der Waals surface area contributed by atoms with Gasteiger partial charge in [-0.1, -0.05) is 35.4 Å². The van der Waals surface area contributed by atoms with Crippen molar-refractivity contribution in [1.82, 2.24) is 5.43 Å². The van der Waals surface area contributed by atoms with E-state index in [2.05, 4.69) is 16.6 Å². The summed E-state index contributed by atoms with van der Waals surface area (Å²) >= 11 is 6.34. The van der Waals surface area contributed by atoms with Crippen molar-refractivity contribution in [3.63, 3.8) is 0 Å². The van der Waals surface area contributed by atoms with Crippen LogP contribution in [0.4, 0.5) is 0 Å². The number of hydrazone groups is 1. The van der Waals surface area contributed by atoms with Gasteiger partial charge in [0.15, 0.2) is 11.5 Å². The Morgan fingerprint density at radius 3 is 2.64 bits per heavy atom. The van der Waals surface area contributed by atoms with E-state index in [0.29, 0.717) is 28.7 Å². The number of aryl methyl sites for hydroxylation is 2. The maximum atomic E-state index is 12.2. The van der Waals surface area contributed by atoms with Gasteiger partial charge in [-0.25, -0.2) is 5.43 Å². The summed E-state index contributed by atoms with van der Waals surface area (Å²) in [6, 6.07) is 9.53. The van der Waals surface area contributed by atoms with Crippen LogP contribution in [-0.4, -0.2) is 24.8 Å². The molecular weight excluding hydrogens is 376 g/mol. The molecule has 1 N–H and O–H groups in total. The second-order valence-corrected chi connectivity index (χ2v) is 7.24. The van der Waals surface area contributed by atoms with Crippen molar-refractivity contribution < 1.29 is 14.3 Å². The van der Waals surface area contributed by atoms with Gasteiger partial charge in [0.05, 0.1) is 30.4 Å². The molecule has 150 valence electrons. The molecule has 0 aliphatic carbocycles. The van der Waals surface area contributed by atoms with E-state index in [1.807, 2.05) is 46.8 Å². The predicted octanol–water partition coefficient (Wildman–Crippen LogP) is 4.84. The van der Waals surface area contributed by atoms with E-state index >= 15 is 0 Å². The number of amides is 1. The van der Waals surface area contributed by atoms with Crippen LogP contribution in [0.5, 0.6) is 11.5 Å². The van der Waals surface area contributed by atoms with Crippen LogP contribution in [-0.2, 0) is 11.2 Å². The minimum atomic E-state index is -0.181. The van der Waals surface area contributed by atoms with E-state index in [4.69, 9.17) is 21.1 Å². The van der Waals surface area contributed by atoms with Gasteiger partial charge in [0.25, 0.3) is 0 Å². The number of rotatable bonds is 8. The van der Waals surface area contributed by atoms with Crippen LogP contribution in [0, 0.1) is 13.8 Å². The second kappa shape index (κ2) is 10.1. The minimum absolute atomic E-state index is 0.0271. The van der Waals surface area contributed by atoms with Crippen molar-refractivity contribution in [2.24, 2.45) is 5.10 Å². The predicted molar refractivity (Wildman–Crippen MR) is 114 cm³/mol. The average molecular weight is 403 g/mol. The average Bonchev–Trinajstić information content (AvgIpc) is 2.60.